The number of rotatable bonds is 8. The molecule has 0 heterocycles. The molecule has 0 aromatic heterocycles. The zero-order valence-corrected chi connectivity index (χ0v) is 27.1. The Morgan fingerprint density at radius 2 is 0.939 bits per heavy atom. The fourth-order valence-electron chi connectivity index (χ4n) is 2.42. The van der Waals surface area contributed by atoms with Crippen molar-refractivity contribution < 1.29 is 18.1 Å². The molecular weight excluding hydrogens is 461 g/mol. The van der Waals surface area contributed by atoms with Crippen LogP contribution in [0.2, 0.25) is 54.4 Å². The lowest BCUT2D eigenvalue weighted by Crippen LogP contribution is -2.45. The Hall–Kier alpha value is -1.06. The standard InChI is InChI=1S/C26H50O4Si3/c1-24(2,3)31(10,11)28-20-18-22(29-32(12,13)25(4,5)6)21(16-17-27)23(19-20)30-33(14,15)26(7,8)9/h17-19H,16H2,1-15H3. The molecule has 0 amide bonds. The Balaban J connectivity index is 3.78. The van der Waals surface area contributed by atoms with Crippen LogP contribution in [0.5, 0.6) is 17.2 Å². The Kier molecular flexibility index (Phi) is 8.66. The maximum Gasteiger partial charge on any atom is 0.250 e. The molecule has 4 nitrogen and oxygen atoms in total. The van der Waals surface area contributed by atoms with Gasteiger partial charge in [-0.3, -0.25) is 0 Å². The minimum absolute atomic E-state index is 0.0300. The van der Waals surface area contributed by atoms with Crippen LogP contribution < -0.4 is 13.3 Å². The van der Waals surface area contributed by atoms with Gasteiger partial charge in [0.1, 0.15) is 23.5 Å². The second-order valence-corrected chi connectivity index (χ2v) is 28.0. The van der Waals surface area contributed by atoms with Crippen LogP contribution in [-0.4, -0.2) is 31.2 Å². The Morgan fingerprint density at radius 3 is 1.21 bits per heavy atom. The molecule has 1 aromatic carbocycles. The van der Waals surface area contributed by atoms with Gasteiger partial charge in [0.25, 0.3) is 0 Å². The molecule has 1 rings (SSSR count). The van der Waals surface area contributed by atoms with Crippen LogP contribution in [0.4, 0.5) is 0 Å². The molecule has 0 aliphatic carbocycles. The molecule has 0 N–H and O–H groups in total. The van der Waals surface area contributed by atoms with Crippen LogP contribution in [0.1, 0.15) is 67.9 Å². The van der Waals surface area contributed by atoms with Crippen molar-refractivity contribution in [2.24, 2.45) is 0 Å². The summed E-state index contributed by atoms with van der Waals surface area (Å²) >= 11 is 0. The maximum absolute atomic E-state index is 11.7. The van der Waals surface area contributed by atoms with E-state index in [0.29, 0.717) is 0 Å². The first-order valence-electron chi connectivity index (χ1n) is 12.1. The quantitative estimate of drug-likeness (QED) is 0.259. The molecular formula is C26H50O4Si3. The molecule has 190 valence electrons. The molecule has 0 spiro atoms. The largest absolute Gasteiger partial charge is 0.543 e. The smallest absolute Gasteiger partial charge is 0.250 e. The van der Waals surface area contributed by atoms with Gasteiger partial charge in [0, 0.05) is 24.1 Å². The number of aldehydes is 1. The fourth-order valence-corrected chi connectivity index (χ4v) is 5.51. The first-order chi connectivity index (χ1) is 14.5. The molecule has 0 aliphatic heterocycles. The molecule has 0 radical (unpaired) electrons. The lowest BCUT2D eigenvalue weighted by atomic mass is 10.1. The molecule has 0 fully saturated rings. The molecule has 0 unspecified atom stereocenters. The molecule has 0 aliphatic rings. The highest BCUT2D eigenvalue weighted by molar-refractivity contribution is 6.75. The topological polar surface area (TPSA) is 44.8 Å². The lowest BCUT2D eigenvalue weighted by Gasteiger charge is -2.40. The monoisotopic (exact) mass is 510 g/mol. The Bertz CT molecular complexity index is 790. The number of hydrogen-bond acceptors (Lipinski definition) is 4. The third-order valence-electron chi connectivity index (χ3n) is 7.95. The number of benzene rings is 1. The van der Waals surface area contributed by atoms with Crippen molar-refractivity contribution in [3.8, 4) is 17.2 Å². The van der Waals surface area contributed by atoms with E-state index in [0.717, 1.165) is 29.1 Å². The summed E-state index contributed by atoms with van der Waals surface area (Å²) in [5.41, 5.74) is 0.835. The molecule has 0 bridgehead atoms. The van der Waals surface area contributed by atoms with E-state index in [1.54, 1.807) is 0 Å². The Morgan fingerprint density at radius 1 is 0.636 bits per heavy atom. The summed E-state index contributed by atoms with van der Waals surface area (Å²) in [7, 11) is -6.37. The predicted molar refractivity (Wildman–Crippen MR) is 150 cm³/mol. The van der Waals surface area contributed by atoms with Crippen molar-refractivity contribution in [1.82, 2.24) is 0 Å². The summed E-state index contributed by atoms with van der Waals surface area (Å²) in [5.74, 6) is 2.25. The highest BCUT2D eigenvalue weighted by Gasteiger charge is 2.43. The van der Waals surface area contributed by atoms with E-state index in [1.165, 1.54) is 0 Å². The van der Waals surface area contributed by atoms with Gasteiger partial charge in [0.2, 0.25) is 25.0 Å². The van der Waals surface area contributed by atoms with E-state index in [4.69, 9.17) is 13.3 Å². The summed E-state index contributed by atoms with van der Waals surface area (Å²) in [6, 6.07) is 4.00. The average molecular weight is 511 g/mol. The summed E-state index contributed by atoms with van der Waals surface area (Å²) in [5, 5.41) is 0.125. The second kappa shape index (κ2) is 9.53. The van der Waals surface area contributed by atoms with Crippen LogP contribution in [0.25, 0.3) is 0 Å². The van der Waals surface area contributed by atoms with Gasteiger partial charge in [0.15, 0.2) is 0 Å². The first-order valence-corrected chi connectivity index (χ1v) is 20.9. The molecule has 33 heavy (non-hydrogen) atoms. The zero-order valence-electron chi connectivity index (χ0n) is 24.1. The van der Waals surface area contributed by atoms with Crippen LogP contribution >= 0.6 is 0 Å². The van der Waals surface area contributed by atoms with Crippen LogP contribution in [0.3, 0.4) is 0 Å². The van der Waals surface area contributed by atoms with E-state index < -0.39 is 25.0 Å². The van der Waals surface area contributed by atoms with Gasteiger partial charge < -0.3 is 18.1 Å². The van der Waals surface area contributed by atoms with Gasteiger partial charge in [-0.25, -0.2) is 0 Å². The van der Waals surface area contributed by atoms with Gasteiger partial charge in [-0.15, -0.1) is 0 Å². The van der Waals surface area contributed by atoms with Crippen molar-refractivity contribution in [3.05, 3.63) is 17.7 Å². The van der Waals surface area contributed by atoms with E-state index >= 15 is 0 Å². The fraction of sp³-hybridized carbons (Fsp3) is 0.731. The van der Waals surface area contributed by atoms with Crippen molar-refractivity contribution in [3.63, 3.8) is 0 Å². The first kappa shape index (κ1) is 30.0. The minimum Gasteiger partial charge on any atom is -0.543 e. The summed E-state index contributed by atoms with van der Waals surface area (Å²) in [6.07, 6.45) is 1.20. The van der Waals surface area contributed by atoms with Crippen LogP contribution in [0.15, 0.2) is 12.1 Å². The number of carbonyl (C=O) groups is 1. The van der Waals surface area contributed by atoms with E-state index in [-0.39, 0.29) is 21.5 Å². The Labute approximate surface area is 207 Å². The van der Waals surface area contributed by atoms with Crippen molar-refractivity contribution >= 4 is 31.2 Å². The normalized spacial score (nSPS) is 14.2. The summed E-state index contributed by atoms with van der Waals surface area (Å²) < 4.78 is 20.3. The van der Waals surface area contributed by atoms with Gasteiger partial charge in [0.05, 0.1) is 0 Å². The average Bonchev–Trinajstić information content (AvgIpc) is 2.53. The van der Waals surface area contributed by atoms with E-state index in [1.807, 2.05) is 12.1 Å². The highest BCUT2D eigenvalue weighted by Crippen LogP contribution is 2.46. The minimum atomic E-state index is -2.15. The molecule has 1 aromatic rings. The molecule has 7 heteroatoms. The van der Waals surface area contributed by atoms with Crippen molar-refractivity contribution in [2.45, 2.75) is 123 Å². The molecule has 0 atom stereocenters. The van der Waals surface area contributed by atoms with Gasteiger partial charge in [-0.2, -0.15) is 0 Å². The molecule has 0 saturated heterocycles. The zero-order chi connectivity index (χ0) is 26.3. The van der Waals surface area contributed by atoms with E-state index in [2.05, 4.69) is 102 Å². The summed E-state index contributed by atoms with van der Waals surface area (Å²) in [4.78, 5) is 11.7. The second-order valence-electron chi connectivity index (χ2n) is 13.9. The van der Waals surface area contributed by atoms with Gasteiger partial charge in [-0.05, 0) is 54.4 Å². The lowest BCUT2D eigenvalue weighted by molar-refractivity contribution is -0.107. The third kappa shape index (κ3) is 7.21. The van der Waals surface area contributed by atoms with E-state index in [9.17, 15) is 4.79 Å². The van der Waals surface area contributed by atoms with Crippen molar-refractivity contribution in [2.75, 3.05) is 0 Å². The third-order valence-corrected chi connectivity index (χ3v) is 21.0. The summed E-state index contributed by atoms with van der Waals surface area (Å²) in [6.45, 7) is 33.5. The van der Waals surface area contributed by atoms with Crippen LogP contribution in [-0.2, 0) is 11.2 Å². The van der Waals surface area contributed by atoms with Gasteiger partial charge in [-0.1, -0.05) is 62.3 Å². The molecule has 0 saturated carbocycles. The van der Waals surface area contributed by atoms with Crippen LogP contribution in [0, 0.1) is 0 Å². The van der Waals surface area contributed by atoms with Crippen molar-refractivity contribution in [1.29, 1.82) is 0 Å². The highest BCUT2D eigenvalue weighted by atomic mass is 28.4. The number of carbonyl (C=O) groups excluding carboxylic acids is 1. The SMILES string of the molecule is CC(C)(C)[Si](C)(C)Oc1cc(O[Si](C)(C)C(C)(C)C)c(CC=O)c(O[Si](C)(C)C(C)(C)C)c1. The maximum atomic E-state index is 11.7. The predicted octanol–water partition coefficient (Wildman–Crippen LogP) is 8.58. The van der Waals surface area contributed by atoms with Gasteiger partial charge >= 0.3 is 0 Å². The number of hydrogen-bond donors (Lipinski definition) is 0.